The molecule has 2 aliphatic heterocycles. The molecule has 28 heavy (non-hydrogen) atoms. The highest BCUT2D eigenvalue weighted by Crippen LogP contribution is 2.33. The van der Waals surface area contributed by atoms with Gasteiger partial charge in [0.2, 0.25) is 10.1 Å². The average molecular weight is 392 g/mol. The van der Waals surface area contributed by atoms with E-state index in [0.717, 1.165) is 53.8 Å². The van der Waals surface area contributed by atoms with Crippen LogP contribution in [-0.2, 0) is 0 Å². The standard InChI is InChI=1S/C20H20N6OS/c1-12-6-8-25(9-7-12)20-24-26-17(21)15(18(27)23-19(26)28-20)10-13-11-22-16-5-3-2-4-14(13)16/h2-5,10-12H,6-9,21H2,1H3. The van der Waals surface area contributed by atoms with Gasteiger partial charge in [0.05, 0.1) is 11.3 Å². The molecule has 3 aromatic rings. The highest BCUT2D eigenvalue weighted by molar-refractivity contribution is 7.20. The van der Waals surface area contributed by atoms with Gasteiger partial charge in [-0.25, -0.2) is 0 Å². The van der Waals surface area contributed by atoms with E-state index in [9.17, 15) is 4.79 Å². The maximum Gasteiger partial charge on any atom is 0.283 e. The smallest absolute Gasteiger partial charge is 0.283 e. The third-order valence-corrected chi connectivity index (χ3v) is 6.36. The minimum atomic E-state index is -0.342. The summed E-state index contributed by atoms with van der Waals surface area (Å²) in [6.07, 6.45) is 5.80. The van der Waals surface area contributed by atoms with E-state index in [2.05, 4.69) is 26.9 Å². The van der Waals surface area contributed by atoms with Crippen LogP contribution in [-0.4, -0.2) is 33.9 Å². The molecule has 1 saturated heterocycles. The van der Waals surface area contributed by atoms with Gasteiger partial charge in [-0.05, 0) is 30.9 Å². The number of para-hydroxylation sites is 1. The topological polar surface area (TPSA) is 88.9 Å². The minimum absolute atomic E-state index is 0.313. The van der Waals surface area contributed by atoms with Crippen molar-refractivity contribution in [1.29, 1.82) is 0 Å². The molecule has 4 heterocycles. The molecule has 0 radical (unpaired) electrons. The summed E-state index contributed by atoms with van der Waals surface area (Å²) in [7, 11) is 0. The van der Waals surface area contributed by atoms with Gasteiger partial charge < -0.3 is 10.6 Å². The molecule has 0 saturated carbocycles. The molecule has 7 nitrogen and oxygen atoms in total. The number of fused-ring (bicyclic) bond motifs is 2. The fraction of sp³-hybridized carbons (Fsp3) is 0.300. The molecule has 8 heteroatoms. The Morgan fingerprint density at radius 2 is 2.04 bits per heavy atom. The molecule has 5 rings (SSSR count). The number of nitrogens with two attached hydrogens (primary N) is 1. The van der Waals surface area contributed by atoms with Crippen molar-refractivity contribution in [2.75, 3.05) is 23.7 Å². The molecule has 0 spiro atoms. The predicted molar refractivity (Wildman–Crippen MR) is 115 cm³/mol. The Labute approximate surface area is 165 Å². The summed E-state index contributed by atoms with van der Waals surface area (Å²) in [6, 6.07) is 7.81. The average Bonchev–Trinajstić information content (AvgIpc) is 3.30. The van der Waals surface area contributed by atoms with Crippen LogP contribution in [0.15, 0.2) is 34.1 Å². The van der Waals surface area contributed by atoms with Crippen molar-refractivity contribution in [3.63, 3.8) is 0 Å². The van der Waals surface area contributed by atoms with Crippen molar-refractivity contribution in [3.8, 4) is 0 Å². The Hall–Kier alpha value is -3.00. The zero-order valence-electron chi connectivity index (χ0n) is 15.5. The second kappa shape index (κ2) is 6.56. The molecule has 0 atom stereocenters. The SMILES string of the molecule is CC1CCN(c2nn3c(N)c(C=C4C=Nc5ccccc54)c(=O)nc3s2)CC1. The van der Waals surface area contributed by atoms with E-state index in [1.165, 1.54) is 11.3 Å². The molecule has 142 valence electrons. The van der Waals surface area contributed by atoms with Gasteiger partial charge in [0.1, 0.15) is 5.82 Å². The summed E-state index contributed by atoms with van der Waals surface area (Å²) in [5.41, 5.74) is 9.06. The van der Waals surface area contributed by atoms with Crippen molar-refractivity contribution in [2.24, 2.45) is 10.9 Å². The highest BCUT2D eigenvalue weighted by Gasteiger charge is 2.21. The lowest BCUT2D eigenvalue weighted by molar-refractivity contribution is 0.437. The van der Waals surface area contributed by atoms with Crippen LogP contribution in [0.2, 0.25) is 0 Å². The Kier molecular flexibility index (Phi) is 4.01. The van der Waals surface area contributed by atoms with Gasteiger partial charge >= 0.3 is 0 Å². The van der Waals surface area contributed by atoms with E-state index < -0.39 is 0 Å². The molecular weight excluding hydrogens is 372 g/mol. The quantitative estimate of drug-likeness (QED) is 0.723. The van der Waals surface area contributed by atoms with Crippen molar-refractivity contribution in [2.45, 2.75) is 19.8 Å². The second-order valence-electron chi connectivity index (χ2n) is 7.34. The minimum Gasteiger partial charge on any atom is -0.383 e. The largest absolute Gasteiger partial charge is 0.383 e. The number of hydrogen-bond donors (Lipinski definition) is 1. The van der Waals surface area contributed by atoms with Gasteiger partial charge in [0.25, 0.3) is 5.56 Å². The zero-order chi connectivity index (χ0) is 19.3. The van der Waals surface area contributed by atoms with E-state index in [1.54, 1.807) is 16.8 Å². The lowest BCUT2D eigenvalue weighted by atomic mass is 10.00. The van der Waals surface area contributed by atoms with Gasteiger partial charge in [-0.3, -0.25) is 9.79 Å². The van der Waals surface area contributed by atoms with Crippen LogP contribution in [0.5, 0.6) is 0 Å². The molecule has 1 aromatic carbocycles. The summed E-state index contributed by atoms with van der Waals surface area (Å²) >= 11 is 1.41. The first kappa shape index (κ1) is 17.1. The molecule has 2 N–H and O–H groups in total. The number of benzene rings is 1. The maximum absolute atomic E-state index is 12.7. The number of nitrogens with zero attached hydrogens (tertiary/aromatic N) is 5. The zero-order valence-corrected chi connectivity index (χ0v) is 16.3. The number of piperidine rings is 1. The molecule has 0 bridgehead atoms. The molecule has 2 aliphatic rings. The van der Waals surface area contributed by atoms with Crippen molar-refractivity contribution in [3.05, 3.63) is 45.7 Å². The van der Waals surface area contributed by atoms with Gasteiger partial charge in [-0.15, -0.1) is 5.10 Å². The van der Waals surface area contributed by atoms with Gasteiger partial charge in [0.15, 0.2) is 0 Å². The van der Waals surface area contributed by atoms with Crippen molar-refractivity contribution < 1.29 is 0 Å². The summed E-state index contributed by atoms with van der Waals surface area (Å²) in [4.78, 5) is 24.1. The van der Waals surface area contributed by atoms with Crippen molar-refractivity contribution >= 4 is 50.8 Å². The Morgan fingerprint density at radius 1 is 1.25 bits per heavy atom. The fourth-order valence-electron chi connectivity index (χ4n) is 3.64. The van der Waals surface area contributed by atoms with Crippen LogP contribution < -0.4 is 16.2 Å². The van der Waals surface area contributed by atoms with Crippen LogP contribution in [0.25, 0.3) is 16.6 Å². The van der Waals surface area contributed by atoms with E-state index >= 15 is 0 Å². The van der Waals surface area contributed by atoms with Gasteiger partial charge in [-0.1, -0.05) is 36.5 Å². The molecule has 1 fully saturated rings. The highest BCUT2D eigenvalue weighted by atomic mass is 32.1. The Morgan fingerprint density at radius 3 is 2.86 bits per heavy atom. The van der Waals surface area contributed by atoms with Crippen LogP contribution >= 0.6 is 11.3 Å². The van der Waals surface area contributed by atoms with E-state index in [0.29, 0.717) is 16.3 Å². The maximum atomic E-state index is 12.7. The molecular formula is C20H20N6OS. The third kappa shape index (κ3) is 2.80. The van der Waals surface area contributed by atoms with Crippen LogP contribution in [0.4, 0.5) is 16.6 Å². The molecule has 0 amide bonds. The van der Waals surface area contributed by atoms with Crippen molar-refractivity contribution in [1.82, 2.24) is 14.6 Å². The van der Waals surface area contributed by atoms with Crippen LogP contribution in [0, 0.1) is 5.92 Å². The summed E-state index contributed by atoms with van der Waals surface area (Å²) in [6.45, 7) is 4.21. The first-order valence-corrected chi connectivity index (χ1v) is 10.2. The summed E-state index contributed by atoms with van der Waals surface area (Å²) in [5, 5.41) is 5.52. The summed E-state index contributed by atoms with van der Waals surface area (Å²) in [5.74, 6) is 1.05. The lowest BCUT2D eigenvalue weighted by Gasteiger charge is -2.29. The third-order valence-electron chi connectivity index (χ3n) is 5.39. The number of rotatable bonds is 2. The van der Waals surface area contributed by atoms with Crippen LogP contribution in [0.1, 0.15) is 30.9 Å². The number of aliphatic imine (C=N–C) groups is 1. The van der Waals surface area contributed by atoms with Gasteiger partial charge in [-0.2, -0.15) is 9.50 Å². The second-order valence-corrected chi connectivity index (χ2v) is 8.27. The van der Waals surface area contributed by atoms with E-state index in [1.807, 2.05) is 24.3 Å². The van der Waals surface area contributed by atoms with Gasteiger partial charge in [0, 0.05) is 30.4 Å². The lowest BCUT2D eigenvalue weighted by Crippen LogP contribution is -2.32. The molecule has 0 unspecified atom stereocenters. The molecule has 2 aromatic heterocycles. The number of hydrogen-bond acceptors (Lipinski definition) is 7. The Balaban J connectivity index is 1.57. The Bertz CT molecular complexity index is 1180. The van der Waals surface area contributed by atoms with E-state index in [4.69, 9.17) is 5.73 Å². The van der Waals surface area contributed by atoms with E-state index in [-0.39, 0.29) is 5.56 Å². The van der Waals surface area contributed by atoms with Crippen LogP contribution in [0.3, 0.4) is 0 Å². The normalized spacial score (nSPS) is 18.3. The first-order chi connectivity index (χ1) is 13.6. The predicted octanol–water partition coefficient (Wildman–Crippen LogP) is 3.23. The number of aromatic nitrogens is 3. The number of anilines is 2. The molecule has 0 aliphatic carbocycles. The monoisotopic (exact) mass is 392 g/mol. The number of allylic oxidation sites excluding steroid dienone is 1. The first-order valence-electron chi connectivity index (χ1n) is 9.39. The fourth-order valence-corrected chi connectivity index (χ4v) is 4.60. The number of nitrogen functional groups attached to an aromatic ring is 1. The summed E-state index contributed by atoms with van der Waals surface area (Å²) < 4.78 is 1.59.